The van der Waals surface area contributed by atoms with Crippen molar-refractivity contribution in [1.82, 2.24) is 10.2 Å². The zero-order valence-corrected chi connectivity index (χ0v) is 10.8. The van der Waals surface area contributed by atoms with Gasteiger partial charge in [0.05, 0.1) is 10.6 Å². The quantitative estimate of drug-likeness (QED) is 0.807. The molecule has 2 amide bonds. The summed E-state index contributed by atoms with van der Waals surface area (Å²) in [6.07, 6.45) is 0. The molecular formula is C10H7ClN4O3S. The predicted octanol–water partition coefficient (Wildman–Crippen LogP) is 2.53. The van der Waals surface area contributed by atoms with Crippen molar-refractivity contribution in [2.24, 2.45) is 0 Å². The van der Waals surface area contributed by atoms with Gasteiger partial charge in [0, 0.05) is 5.69 Å². The van der Waals surface area contributed by atoms with E-state index in [1.165, 1.54) is 35.0 Å². The lowest BCUT2D eigenvalue weighted by Crippen LogP contribution is -2.19. The second kappa shape index (κ2) is 5.63. The fourth-order valence-corrected chi connectivity index (χ4v) is 1.95. The van der Waals surface area contributed by atoms with Crippen LogP contribution in [0.2, 0.25) is 5.02 Å². The number of hydrogen-bond acceptors (Lipinski definition) is 5. The number of anilines is 2. The summed E-state index contributed by atoms with van der Waals surface area (Å²) in [5.41, 5.74) is 1.82. The number of nitrogens with one attached hydrogen (secondary N) is 2. The number of amides is 2. The van der Waals surface area contributed by atoms with Crippen molar-refractivity contribution in [3.8, 4) is 0 Å². The molecule has 0 unspecified atom stereocenters. The van der Waals surface area contributed by atoms with Gasteiger partial charge in [0.2, 0.25) is 5.13 Å². The lowest BCUT2D eigenvalue weighted by atomic mass is 10.2. The van der Waals surface area contributed by atoms with Crippen LogP contribution < -0.4 is 10.6 Å². The van der Waals surface area contributed by atoms with Crippen molar-refractivity contribution in [3.05, 3.63) is 34.3 Å². The van der Waals surface area contributed by atoms with E-state index >= 15 is 0 Å². The average molecular weight is 299 g/mol. The van der Waals surface area contributed by atoms with Crippen LogP contribution in [0.15, 0.2) is 23.7 Å². The number of carboxylic acid groups (broad SMARTS) is 1. The SMILES string of the molecule is O=C(Nc1ccc(C(=O)O)c(Cl)c1)Nc1nncs1. The maximum Gasteiger partial charge on any atom is 0.337 e. The van der Waals surface area contributed by atoms with Gasteiger partial charge in [-0.3, -0.25) is 5.32 Å². The number of hydrogen-bond donors (Lipinski definition) is 3. The molecule has 0 aliphatic heterocycles. The third kappa shape index (κ3) is 3.39. The first kappa shape index (κ1) is 13.2. The number of rotatable bonds is 3. The molecule has 3 N–H and O–H groups in total. The van der Waals surface area contributed by atoms with Crippen molar-refractivity contribution in [3.63, 3.8) is 0 Å². The molecule has 0 fully saturated rings. The first-order chi connectivity index (χ1) is 9.06. The third-order valence-electron chi connectivity index (χ3n) is 2.04. The lowest BCUT2D eigenvalue weighted by molar-refractivity contribution is 0.0697. The Morgan fingerprint density at radius 1 is 1.32 bits per heavy atom. The van der Waals surface area contributed by atoms with Crippen LogP contribution in [0.5, 0.6) is 0 Å². The molecule has 1 aromatic carbocycles. The fourth-order valence-electron chi connectivity index (χ4n) is 1.25. The molecule has 7 nitrogen and oxygen atoms in total. The summed E-state index contributed by atoms with van der Waals surface area (Å²) >= 11 is 6.95. The maximum absolute atomic E-state index is 11.6. The van der Waals surface area contributed by atoms with E-state index in [1.807, 2.05) is 0 Å². The highest BCUT2D eigenvalue weighted by Crippen LogP contribution is 2.21. The Morgan fingerprint density at radius 3 is 2.68 bits per heavy atom. The van der Waals surface area contributed by atoms with E-state index in [2.05, 4.69) is 20.8 Å². The van der Waals surface area contributed by atoms with Crippen LogP contribution in [-0.4, -0.2) is 27.3 Å². The Hall–Kier alpha value is -2.19. The van der Waals surface area contributed by atoms with Crippen LogP contribution in [0, 0.1) is 0 Å². The molecule has 2 rings (SSSR count). The summed E-state index contributed by atoms with van der Waals surface area (Å²) in [5, 5.41) is 21.4. The maximum atomic E-state index is 11.6. The van der Waals surface area contributed by atoms with Gasteiger partial charge in [-0.2, -0.15) is 0 Å². The van der Waals surface area contributed by atoms with Gasteiger partial charge in [-0.15, -0.1) is 10.2 Å². The highest BCUT2D eigenvalue weighted by Gasteiger charge is 2.10. The molecule has 0 bridgehead atoms. The molecule has 19 heavy (non-hydrogen) atoms. The van der Waals surface area contributed by atoms with E-state index in [-0.39, 0.29) is 10.6 Å². The van der Waals surface area contributed by atoms with Crippen LogP contribution in [-0.2, 0) is 0 Å². The van der Waals surface area contributed by atoms with Crippen molar-refractivity contribution >= 4 is 45.8 Å². The minimum Gasteiger partial charge on any atom is -0.478 e. The molecule has 0 aliphatic rings. The van der Waals surface area contributed by atoms with E-state index in [0.717, 1.165) is 0 Å². The summed E-state index contributed by atoms with van der Waals surface area (Å²) in [6, 6.07) is 3.58. The number of carbonyl (C=O) groups excluding carboxylic acids is 1. The van der Waals surface area contributed by atoms with Gasteiger partial charge in [-0.05, 0) is 18.2 Å². The number of benzene rings is 1. The minimum atomic E-state index is -1.13. The molecular weight excluding hydrogens is 292 g/mol. The van der Waals surface area contributed by atoms with Gasteiger partial charge >= 0.3 is 12.0 Å². The first-order valence-electron chi connectivity index (χ1n) is 4.93. The first-order valence-corrected chi connectivity index (χ1v) is 6.19. The molecule has 1 heterocycles. The molecule has 98 valence electrons. The molecule has 2 aromatic rings. The van der Waals surface area contributed by atoms with Crippen molar-refractivity contribution in [2.75, 3.05) is 10.6 Å². The second-order valence-corrected chi connectivity index (χ2v) is 4.56. The van der Waals surface area contributed by atoms with Crippen LogP contribution in [0.4, 0.5) is 15.6 Å². The zero-order chi connectivity index (χ0) is 13.8. The van der Waals surface area contributed by atoms with Crippen LogP contribution in [0.3, 0.4) is 0 Å². The molecule has 0 atom stereocenters. The molecule has 0 saturated heterocycles. The van der Waals surface area contributed by atoms with E-state index in [9.17, 15) is 9.59 Å². The number of aromatic carboxylic acids is 1. The largest absolute Gasteiger partial charge is 0.478 e. The van der Waals surface area contributed by atoms with Gasteiger partial charge in [-0.1, -0.05) is 22.9 Å². The second-order valence-electron chi connectivity index (χ2n) is 3.32. The van der Waals surface area contributed by atoms with Crippen LogP contribution in [0.25, 0.3) is 0 Å². The molecule has 1 aromatic heterocycles. The summed E-state index contributed by atoms with van der Waals surface area (Å²) < 4.78 is 0. The number of urea groups is 1. The van der Waals surface area contributed by atoms with Crippen molar-refractivity contribution in [1.29, 1.82) is 0 Å². The smallest absolute Gasteiger partial charge is 0.337 e. The van der Waals surface area contributed by atoms with Gasteiger partial charge in [0.1, 0.15) is 5.51 Å². The summed E-state index contributed by atoms with van der Waals surface area (Å²) in [5.74, 6) is -1.13. The van der Waals surface area contributed by atoms with Gasteiger partial charge in [-0.25, -0.2) is 9.59 Å². The van der Waals surface area contributed by atoms with E-state index in [0.29, 0.717) is 10.8 Å². The third-order valence-corrected chi connectivity index (χ3v) is 2.96. The van der Waals surface area contributed by atoms with Gasteiger partial charge in [0.25, 0.3) is 0 Å². The molecule has 9 heteroatoms. The fraction of sp³-hybridized carbons (Fsp3) is 0. The Bertz CT molecular complexity index is 617. The molecule has 0 radical (unpaired) electrons. The Kier molecular flexibility index (Phi) is 3.93. The Morgan fingerprint density at radius 2 is 2.11 bits per heavy atom. The highest BCUT2D eigenvalue weighted by molar-refractivity contribution is 7.13. The number of carbonyl (C=O) groups is 2. The Balaban J connectivity index is 2.05. The van der Waals surface area contributed by atoms with E-state index in [4.69, 9.17) is 16.7 Å². The predicted molar refractivity (Wildman–Crippen MR) is 71.0 cm³/mol. The summed E-state index contributed by atoms with van der Waals surface area (Å²) in [4.78, 5) is 22.3. The number of nitrogens with zero attached hydrogens (tertiary/aromatic N) is 2. The highest BCUT2D eigenvalue weighted by atomic mass is 35.5. The average Bonchev–Trinajstić information content (AvgIpc) is 2.81. The number of halogens is 1. The number of aromatic nitrogens is 2. The summed E-state index contributed by atoms with van der Waals surface area (Å²) in [7, 11) is 0. The molecule has 0 spiro atoms. The lowest BCUT2D eigenvalue weighted by Gasteiger charge is -2.06. The standard InChI is InChI=1S/C10H7ClN4O3S/c11-7-3-5(1-2-6(7)8(16)17)13-9(18)14-10-15-12-4-19-10/h1-4H,(H,16,17)(H2,13,14,15,18). The molecule has 0 aliphatic carbocycles. The van der Waals surface area contributed by atoms with Gasteiger partial charge < -0.3 is 10.4 Å². The normalized spacial score (nSPS) is 9.95. The van der Waals surface area contributed by atoms with Crippen LogP contribution >= 0.6 is 22.9 Å². The number of carboxylic acids is 1. The van der Waals surface area contributed by atoms with Crippen LogP contribution in [0.1, 0.15) is 10.4 Å². The van der Waals surface area contributed by atoms with E-state index in [1.54, 1.807) is 0 Å². The molecule has 0 saturated carbocycles. The van der Waals surface area contributed by atoms with Gasteiger partial charge in [0.15, 0.2) is 0 Å². The van der Waals surface area contributed by atoms with Crippen molar-refractivity contribution < 1.29 is 14.7 Å². The minimum absolute atomic E-state index is 0.0308. The Labute approximate surface area is 116 Å². The zero-order valence-electron chi connectivity index (χ0n) is 9.25. The monoisotopic (exact) mass is 298 g/mol. The summed E-state index contributed by atoms with van der Waals surface area (Å²) in [6.45, 7) is 0. The van der Waals surface area contributed by atoms with E-state index < -0.39 is 12.0 Å². The topological polar surface area (TPSA) is 104 Å². The van der Waals surface area contributed by atoms with Crippen molar-refractivity contribution in [2.45, 2.75) is 0 Å².